The topological polar surface area (TPSA) is 61.0 Å². The third kappa shape index (κ3) is 2.98. The molecule has 88 valence electrons. The zero-order valence-electron chi connectivity index (χ0n) is 9.30. The lowest BCUT2D eigenvalue weighted by Gasteiger charge is -2.08. The fraction of sp³-hybridized carbons (Fsp3) is 0.167. The maximum Gasteiger partial charge on any atom is 0.159 e. The average Bonchev–Trinajstić information content (AvgIpc) is 2.29. The minimum Gasteiger partial charge on any atom is -0.473 e. The summed E-state index contributed by atoms with van der Waals surface area (Å²) in [6.07, 6.45) is 2.60. The Kier molecular flexibility index (Phi) is 3.30. The molecular weight excluding hydrogens is 221 g/mol. The van der Waals surface area contributed by atoms with E-state index in [1.165, 1.54) is 24.5 Å². The van der Waals surface area contributed by atoms with Gasteiger partial charge in [-0.05, 0) is 19.1 Å². The van der Waals surface area contributed by atoms with Gasteiger partial charge < -0.3 is 4.74 Å². The third-order valence-electron chi connectivity index (χ3n) is 2.03. The molecule has 17 heavy (non-hydrogen) atoms. The van der Waals surface area contributed by atoms with Gasteiger partial charge in [0.25, 0.3) is 0 Å². The van der Waals surface area contributed by atoms with Crippen molar-refractivity contribution in [2.45, 2.75) is 13.2 Å². The number of ether oxygens (including phenoxy) is 1. The van der Waals surface area contributed by atoms with Crippen molar-refractivity contribution in [2.24, 2.45) is 5.73 Å². The van der Waals surface area contributed by atoms with Gasteiger partial charge in [-0.25, -0.2) is 14.4 Å². The van der Waals surface area contributed by atoms with Gasteiger partial charge in [0.05, 0.1) is 12.4 Å². The van der Waals surface area contributed by atoms with Gasteiger partial charge in [0.2, 0.25) is 0 Å². The first-order chi connectivity index (χ1) is 8.15. The van der Waals surface area contributed by atoms with Crippen LogP contribution >= 0.6 is 0 Å². The van der Waals surface area contributed by atoms with Gasteiger partial charge in [0.1, 0.15) is 12.0 Å². The predicted octanol–water partition coefficient (Wildman–Crippen LogP) is 1.97. The van der Waals surface area contributed by atoms with Crippen LogP contribution in [0, 0.1) is 5.82 Å². The summed E-state index contributed by atoms with van der Waals surface area (Å²) >= 11 is 0. The van der Waals surface area contributed by atoms with E-state index in [-0.39, 0.29) is 5.82 Å². The molecule has 1 atom stereocenters. The fourth-order valence-corrected chi connectivity index (χ4v) is 1.37. The maximum atomic E-state index is 13.0. The number of aromatic nitrogens is 2. The van der Waals surface area contributed by atoms with E-state index in [2.05, 4.69) is 9.97 Å². The Labute approximate surface area is 98.3 Å². The highest BCUT2D eigenvalue weighted by Crippen LogP contribution is 2.17. The summed E-state index contributed by atoms with van der Waals surface area (Å²) in [5.41, 5.74) is 6.09. The molecule has 2 rings (SSSR count). The van der Waals surface area contributed by atoms with Crippen molar-refractivity contribution < 1.29 is 9.13 Å². The van der Waals surface area contributed by atoms with Gasteiger partial charge >= 0.3 is 0 Å². The van der Waals surface area contributed by atoms with Crippen molar-refractivity contribution >= 4 is 0 Å². The van der Waals surface area contributed by atoms with Crippen LogP contribution in [-0.2, 0) is 0 Å². The molecule has 2 aromatic rings. The zero-order chi connectivity index (χ0) is 12.3. The third-order valence-corrected chi connectivity index (χ3v) is 2.03. The second-order valence-electron chi connectivity index (χ2n) is 3.58. The van der Waals surface area contributed by atoms with Crippen LogP contribution in [0.1, 0.15) is 6.92 Å². The van der Waals surface area contributed by atoms with Crippen molar-refractivity contribution in [1.82, 2.24) is 9.97 Å². The minimum absolute atomic E-state index is 0.318. The Morgan fingerprint density at radius 3 is 2.59 bits per heavy atom. The highest BCUT2D eigenvalue weighted by molar-refractivity contribution is 5.54. The van der Waals surface area contributed by atoms with E-state index in [9.17, 15) is 4.39 Å². The van der Waals surface area contributed by atoms with E-state index in [0.29, 0.717) is 17.1 Å². The van der Waals surface area contributed by atoms with E-state index >= 15 is 0 Å². The Balaban J connectivity index is 2.23. The summed E-state index contributed by atoms with van der Waals surface area (Å²) in [6.45, 7) is 1.71. The van der Waals surface area contributed by atoms with Gasteiger partial charge in [-0.3, -0.25) is 5.73 Å². The summed E-state index contributed by atoms with van der Waals surface area (Å²) in [4.78, 5) is 8.17. The SMILES string of the molecule is CC(N)Oc1cnc(-c2cccc(F)c2)nc1. The molecule has 0 bridgehead atoms. The van der Waals surface area contributed by atoms with Crippen molar-refractivity contribution in [1.29, 1.82) is 0 Å². The molecule has 0 amide bonds. The Morgan fingerprint density at radius 1 is 1.29 bits per heavy atom. The second-order valence-corrected chi connectivity index (χ2v) is 3.58. The lowest BCUT2D eigenvalue weighted by atomic mass is 10.2. The molecule has 0 fully saturated rings. The molecule has 1 heterocycles. The normalized spacial score (nSPS) is 12.2. The fourth-order valence-electron chi connectivity index (χ4n) is 1.37. The van der Waals surface area contributed by atoms with E-state index < -0.39 is 6.23 Å². The summed E-state index contributed by atoms with van der Waals surface area (Å²) in [7, 11) is 0. The lowest BCUT2D eigenvalue weighted by Crippen LogP contribution is -2.22. The number of benzene rings is 1. The number of nitrogens with two attached hydrogens (primary N) is 1. The molecule has 1 unspecified atom stereocenters. The first-order valence-corrected chi connectivity index (χ1v) is 5.15. The highest BCUT2D eigenvalue weighted by atomic mass is 19.1. The summed E-state index contributed by atoms with van der Waals surface area (Å²) in [5, 5.41) is 0. The molecule has 2 N–H and O–H groups in total. The number of hydrogen-bond acceptors (Lipinski definition) is 4. The smallest absolute Gasteiger partial charge is 0.159 e. The number of nitrogens with zero attached hydrogens (tertiary/aromatic N) is 2. The molecule has 0 aliphatic heterocycles. The molecule has 1 aromatic carbocycles. The average molecular weight is 233 g/mol. The standard InChI is InChI=1S/C12H12FN3O/c1-8(14)17-11-6-15-12(16-7-11)9-3-2-4-10(13)5-9/h2-8H,14H2,1H3. The highest BCUT2D eigenvalue weighted by Gasteiger charge is 2.04. The Hall–Kier alpha value is -2.01. The van der Waals surface area contributed by atoms with Gasteiger partial charge in [-0.2, -0.15) is 0 Å². The van der Waals surface area contributed by atoms with Crippen LogP contribution in [0.4, 0.5) is 4.39 Å². The first-order valence-electron chi connectivity index (χ1n) is 5.15. The molecule has 1 aromatic heterocycles. The van der Waals surface area contributed by atoms with Crippen LogP contribution < -0.4 is 10.5 Å². The quantitative estimate of drug-likeness (QED) is 0.823. The van der Waals surface area contributed by atoms with Gasteiger partial charge in [0, 0.05) is 5.56 Å². The summed E-state index contributed by atoms with van der Waals surface area (Å²) in [6, 6.07) is 6.10. The van der Waals surface area contributed by atoms with Gasteiger partial charge in [0.15, 0.2) is 11.6 Å². The van der Waals surface area contributed by atoms with Crippen molar-refractivity contribution in [2.75, 3.05) is 0 Å². The Bertz CT molecular complexity index is 499. The van der Waals surface area contributed by atoms with E-state index in [1.807, 2.05) is 0 Å². The zero-order valence-corrected chi connectivity index (χ0v) is 9.30. The van der Waals surface area contributed by atoms with Gasteiger partial charge in [-0.1, -0.05) is 12.1 Å². The van der Waals surface area contributed by atoms with E-state index in [1.54, 1.807) is 19.1 Å². The van der Waals surface area contributed by atoms with Crippen molar-refractivity contribution in [3.8, 4) is 17.1 Å². The van der Waals surface area contributed by atoms with Crippen LogP contribution in [0.5, 0.6) is 5.75 Å². The molecule has 0 aliphatic rings. The second kappa shape index (κ2) is 4.88. The monoisotopic (exact) mass is 233 g/mol. The van der Waals surface area contributed by atoms with E-state index in [4.69, 9.17) is 10.5 Å². The first kappa shape index (κ1) is 11.5. The van der Waals surface area contributed by atoms with Crippen molar-refractivity contribution in [3.05, 3.63) is 42.5 Å². The molecule has 5 heteroatoms. The summed E-state index contributed by atoms with van der Waals surface area (Å²) < 4.78 is 18.2. The molecular formula is C12H12FN3O. The number of halogens is 1. The van der Waals surface area contributed by atoms with E-state index in [0.717, 1.165) is 0 Å². The maximum absolute atomic E-state index is 13.0. The van der Waals surface area contributed by atoms with Crippen LogP contribution in [0.25, 0.3) is 11.4 Å². The molecule has 0 saturated heterocycles. The van der Waals surface area contributed by atoms with Crippen LogP contribution in [0.15, 0.2) is 36.7 Å². The largest absolute Gasteiger partial charge is 0.473 e. The Morgan fingerprint density at radius 2 is 2.00 bits per heavy atom. The molecule has 0 saturated carbocycles. The summed E-state index contributed by atoms with van der Waals surface area (Å²) in [5.74, 6) is 0.615. The van der Waals surface area contributed by atoms with Gasteiger partial charge in [-0.15, -0.1) is 0 Å². The molecule has 0 aliphatic carbocycles. The number of hydrogen-bond donors (Lipinski definition) is 1. The molecule has 0 radical (unpaired) electrons. The number of rotatable bonds is 3. The van der Waals surface area contributed by atoms with Crippen molar-refractivity contribution in [3.63, 3.8) is 0 Å². The van der Waals surface area contributed by atoms with Crippen LogP contribution in [0.3, 0.4) is 0 Å². The lowest BCUT2D eigenvalue weighted by molar-refractivity contribution is 0.228. The molecule has 0 spiro atoms. The van der Waals surface area contributed by atoms with Crippen LogP contribution in [-0.4, -0.2) is 16.2 Å². The predicted molar refractivity (Wildman–Crippen MR) is 61.7 cm³/mol. The van der Waals surface area contributed by atoms with Crippen LogP contribution in [0.2, 0.25) is 0 Å². The molecule has 4 nitrogen and oxygen atoms in total. The minimum atomic E-state index is -0.418.